The summed E-state index contributed by atoms with van der Waals surface area (Å²) >= 11 is 0. The lowest BCUT2D eigenvalue weighted by molar-refractivity contribution is 1.15. The molecule has 0 amide bonds. The van der Waals surface area contributed by atoms with Gasteiger partial charge in [0.15, 0.2) is 0 Å². The lowest BCUT2D eigenvalue weighted by Gasteiger charge is -2.10. The van der Waals surface area contributed by atoms with Gasteiger partial charge in [-0.1, -0.05) is 25.7 Å². The van der Waals surface area contributed by atoms with E-state index in [0.29, 0.717) is 0 Å². The Morgan fingerprint density at radius 2 is 1.93 bits per heavy atom. The molecule has 0 fully saturated rings. The van der Waals surface area contributed by atoms with Crippen LogP contribution in [-0.4, -0.2) is 12.8 Å². The van der Waals surface area contributed by atoms with Crippen LogP contribution in [0.15, 0.2) is 40.4 Å². The fourth-order valence-electron chi connectivity index (χ4n) is 1.40. The topological polar surface area (TPSA) is 12.4 Å². The van der Waals surface area contributed by atoms with E-state index >= 15 is 0 Å². The summed E-state index contributed by atoms with van der Waals surface area (Å²) in [6.07, 6.45) is 5.02. The number of allylic oxidation sites excluding steroid dienone is 5. The Hall–Kier alpha value is -1.11. The average molecular weight is 191 g/mol. The van der Waals surface area contributed by atoms with E-state index in [1.165, 1.54) is 16.7 Å². The zero-order chi connectivity index (χ0) is 11.1. The van der Waals surface area contributed by atoms with E-state index in [0.717, 1.165) is 12.1 Å². The summed E-state index contributed by atoms with van der Waals surface area (Å²) < 4.78 is 0. The van der Waals surface area contributed by atoms with Crippen LogP contribution >= 0.6 is 0 Å². The Morgan fingerprint density at radius 3 is 2.21 bits per heavy atom. The molecule has 0 aliphatic heterocycles. The van der Waals surface area contributed by atoms with Gasteiger partial charge in [0.2, 0.25) is 0 Å². The maximum atomic E-state index is 4.34. The fourth-order valence-corrected chi connectivity index (χ4v) is 1.40. The molecule has 0 aromatic heterocycles. The van der Waals surface area contributed by atoms with Gasteiger partial charge >= 0.3 is 0 Å². The summed E-state index contributed by atoms with van der Waals surface area (Å²) in [5.41, 5.74) is 4.81. The molecule has 0 unspecified atom stereocenters. The number of nitrogens with zero attached hydrogens (tertiary/aromatic N) is 1. The molecule has 78 valence electrons. The van der Waals surface area contributed by atoms with Gasteiger partial charge in [0.25, 0.3) is 0 Å². The molecule has 0 bridgehead atoms. The summed E-state index contributed by atoms with van der Waals surface area (Å²) in [4.78, 5) is 4.34. The SMILES string of the molecule is C=C\C(C)=C(C)/C(=N\C)C(=C\C)/CC. The normalized spacial score (nSPS) is 15.2. The lowest BCUT2D eigenvalue weighted by atomic mass is 9.97. The second-order valence-corrected chi connectivity index (χ2v) is 3.25. The zero-order valence-electron chi connectivity index (χ0n) is 10.0. The lowest BCUT2D eigenvalue weighted by Crippen LogP contribution is -2.05. The van der Waals surface area contributed by atoms with Gasteiger partial charge in [-0.2, -0.15) is 0 Å². The minimum absolute atomic E-state index is 1.02. The maximum Gasteiger partial charge on any atom is 0.0631 e. The Bertz CT molecular complexity index is 290. The average Bonchev–Trinajstić information content (AvgIpc) is 2.23. The van der Waals surface area contributed by atoms with Gasteiger partial charge in [-0.05, 0) is 43.9 Å². The van der Waals surface area contributed by atoms with Crippen molar-refractivity contribution in [3.63, 3.8) is 0 Å². The molecule has 0 saturated carbocycles. The third kappa shape index (κ3) is 2.99. The van der Waals surface area contributed by atoms with Crippen LogP contribution in [0, 0.1) is 0 Å². The van der Waals surface area contributed by atoms with Crippen molar-refractivity contribution in [2.75, 3.05) is 7.05 Å². The predicted molar refractivity (Wildman–Crippen MR) is 66.0 cm³/mol. The second kappa shape index (κ2) is 6.36. The first-order valence-corrected chi connectivity index (χ1v) is 5.04. The largest absolute Gasteiger partial charge is 0.288 e. The third-order valence-electron chi connectivity index (χ3n) is 2.51. The highest BCUT2D eigenvalue weighted by atomic mass is 14.7. The smallest absolute Gasteiger partial charge is 0.0631 e. The number of hydrogen-bond acceptors (Lipinski definition) is 1. The summed E-state index contributed by atoms with van der Waals surface area (Å²) in [5.74, 6) is 0. The molecule has 0 atom stereocenters. The van der Waals surface area contributed by atoms with Gasteiger partial charge in [-0.15, -0.1) is 0 Å². The van der Waals surface area contributed by atoms with Crippen molar-refractivity contribution in [2.45, 2.75) is 34.1 Å². The molecule has 1 nitrogen and oxygen atoms in total. The van der Waals surface area contributed by atoms with Crippen molar-refractivity contribution in [3.8, 4) is 0 Å². The summed E-state index contributed by atoms with van der Waals surface area (Å²) in [6, 6.07) is 0. The Kier molecular flexibility index (Phi) is 5.86. The van der Waals surface area contributed by atoms with Gasteiger partial charge < -0.3 is 0 Å². The second-order valence-electron chi connectivity index (χ2n) is 3.25. The van der Waals surface area contributed by atoms with Crippen LogP contribution in [0.2, 0.25) is 0 Å². The molecule has 14 heavy (non-hydrogen) atoms. The van der Waals surface area contributed by atoms with Gasteiger partial charge in [0.1, 0.15) is 0 Å². The van der Waals surface area contributed by atoms with Crippen LogP contribution in [0.4, 0.5) is 0 Å². The van der Waals surface area contributed by atoms with E-state index in [1.54, 1.807) is 0 Å². The standard InChI is InChI=1S/C13H21N/c1-7-10(4)11(5)13(14-6)12(8-2)9-3/h7-8H,1,9H2,2-6H3/b11-10-,12-8-,14-13+. The van der Waals surface area contributed by atoms with Gasteiger partial charge in [0.05, 0.1) is 5.71 Å². The molecule has 0 heterocycles. The molecule has 0 spiro atoms. The van der Waals surface area contributed by atoms with Crippen molar-refractivity contribution in [1.82, 2.24) is 0 Å². The van der Waals surface area contributed by atoms with E-state index in [-0.39, 0.29) is 0 Å². The first kappa shape index (κ1) is 12.9. The molecule has 0 rings (SSSR count). The highest BCUT2D eigenvalue weighted by Gasteiger charge is 2.07. The van der Waals surface area contributed by atoms with Gasteiger partial charge in [-0.3, -0.25) is 4.99 Å². The minimum atomic E-state index is 1.02. The molecule has 0 radical (unpaired) electrons. The minimum Gasteiger partial charge on any atom is -0.288 e. The zero-order valence-corrected chi connectivity index (χ0v) is 10.0. The fraction of sp³-hybridized carbons (Fsp3) is 0.462. The maximum absolute atomic E-state index is 4.34. The molecule has 0 aromatic rings. The Balaban J connectivity index is 5.23. The van der Waals surface area contributed by atoms with Crippen LogP contribution in [0.25, 0.3) is 0 Å². The molecular formula is C13H21N. The predicted octanol–water partition coefficient (Wildman–Crippen LogP) is 3.94. The highest BCUT2D eigenvalue weighted by Crippen LogP contribution is 2.15. The van der Waals surface area contributed by atoms with E-state index < -0.39 is 0 Å². The Morgan fingerprint density at radius 1 is 1.36 bits per heavy atom. The molecule has 0 aliphatic rings. The van der Waals surface area contributed by atoms with Crippen LogP contribution in [0.1, 0.15) is 34.1 Å². The summed E-state index contributed by atoms with van der Waals surface area (Å²) in [6.45, 7) is 12.1. The summed E-state index contributed by atoms with van der Waals surface area (Å²) in [5, 5.41) is 0. The number of rotatable bonds is 4. The number of aliphatic imine (C=N–C) groups is 1. The first-order valence-electron chi connectivity index (χ1n) is 5.04. The molecule has 0 aromatic carbocycles. The van der Waals surface area contributed by atoms with Crippen molar-refractivity contribution < 1.29 is 0 Å². The first-order chi connectivity index (χ1) is 6.62. The molecule has 0 N–H and O–H groups in total. The van der Waals surface area contributed by atoms with Crippen LogP contribution in [-0.2, 0) is 0 Å². The van der Waals surface area contributed by atoms with Crippen molar-refractivity contribution >= 4 is 5.71 Å². The van der Waals surface area contributed by atoms with Crippen LogP contribution in [0.5, 0.6) is 0 Å². The molecule has 0 saturated heterocycles. The molecule has 0 aliphatic carbocycles. The quantitative estimate of drug-likeness (QED) is 0.471. The van der Waals surface area contributed by atoms with Gasteiger partial charge in [-0.25, -0.2) is 0 Å². The monoisotopic (exact) mass is 191 g/mol. The van der Waals surface area contributed by atoms with Crippen LogP contribution < -0.4 is 0 Å². The number of hydrogen-bond donors (Lipinski definition) is 0. The van der Waals surface area contributed by atoms with E-state index in [2.05, 4.69) is 45.3 Å². The highest BCUT2D eigenvalue weighted by molar-refractivity contribution is 6.12. The third-order valence-corrected chi connectivity index (χ3v) is 2.51. The Labute approximate surface area is 87.9 Å². The van der Waals surface area contributed by atoms with Crippen molar-refractivity contribution in [3.05, 3.63) is 35.5 Å². The van der Waals surface area contributed by atoms with E-state index in [9.17, 15) is 0 Å². The summed E-state index contributed by atoms with van der Waals surface area (Å²) in [7, 11) is 1.84. The van der Waals surface area contributed by atoms with Crippen molar-refractivity contribution in [2.24, 2.45) is 4.99 Å². The van der Waals surface area contributed by atoms with Crippen LogP contribution in [0.3, 0.4) is 0 Å². The van der Waals surface area contributed by atoms with E-state index in [4.69, 9.17) is 0 Å². The van der Waals surface area contributed by atoms with Gasteiger partial charge in [0, 0.05) is 7.05 Å². The van der Waals surface area contributed by atoms with E-state index in [1.807, 2.05) is 13.1 Å². The molecular weight excluding hydrogens is 170 g/mol. The molecule has 1 heteroatoms. The van der Waals surface area contributed by atoms with Crippen molar-refractivity contribution in [1.29, 1.82) is 0 Å².